The summed E-state index contributed by atoms with van der Waals surface area (Å²) < 4.78 is 10.2. The summed E-state index contributed by atoms with van der Waals surface area (Å²) in [5, 5.41) is 5.63. The lowest BCUT2D eigenvalue weighted by atomic mass is 9.85. The van der Waals surface area contributed by atoms with Crippen molar-refractivity contribution in [2.24, 2.45) is 0 Å². The average Bonchev–Trinajstić information content (AvgIpc) is 2.94. The molecule has 0 aliphatic carbocycles. The molecule has 2 N–H and O–H groups in total. The van der Waals surface area contributed by atoms with Gasteiger partial charge in [0.05, 0.1) is 7.11 Å². The number of alkyl carbamates (subject to hydrolysis) is 1. The second-order valence-electron chi connectivity index (χ2n) is 8.67. The Morgan fingerprint density at radius 1 is 0.757 bits per heavy atom. The molecule has 0 saturated heterocycles. The van der Waals surface area contributed by atoms with E-state index in [9.17, 15) is 14.4 Å². The van der Waals surface area contributed by atoms with Crippen LogP contribution in [0.25, 0.3) is 0 Å². The Labute approximate surface area is 218 Å². The number of hydrogen-bond donors (Lipinski definition) is 2. The van der Waals surface area contributed by atoms with Gasteiger partial charge in [-0.3, -0.25) is 4.79 Å². The van der Waals surface area contributed by atoms with Gasteiger partial charge in [-0.05, 0) is 29.5 Å². The van der Waals surface area contributed by atoms with Crippen molar-refractivity contribution >= 4 is 18.0 Å². The summed E-state index contributed by atoms with van der Waals surface area (Å²) in [5.74, 6) is -1.10. The van der Waals surface area contributed by atoms with Crippen LogP contribution in [-0.4, -0.2) is 37.7 Å². The monoisotopic (exact) mass is 502 g/mol. The summed E-state index contributed by atoms with van der Waals surface area (Å²) in [6, 6.07) is 27.9. The van der Waals surface area contributed by atoms with Gasteiger partial charge in [0.2, 0.25) is 5.91 Å². The summed E-state index contributed by atoms with van der Waals surface area (Å²) in [5.41, 5.74) is 2.75. The van der Waals surface area contributed by atoms with Crippen LogP contribution in [0.1, 0.15) is 48.3 Å². The smallest absolute Gasteiger partial charge is 0.407 e. The fraction of sp³-hybridized carbons (Fsp3) is 0.300. The van der Waals surface area contributed by atoms with E-state index in [1.165, 1.54) is 7.11 Å². The number of carbonyl (C=O) groups is 3. The molecule has 3 aromatic rings. The van der Waals surface area contributed by atoms with Crippen molar-refractivity contribution in [3.63, 3.8) is 0 Å². The van der Waals surface area contributed by atoms with E-state index in [-0.39, 0.29) is 24.9 Å². The Kier molecular flexibility index (Phi) is 11.2. The van der Waals surface area contributed by atoms with Crippen LogP contribution >= 0.6 is 0 Å². The Hall–Kier alpha value is -4.13. The van der Waals surface area contributed by atoms with Gasteiger partial charge in [0.15, 0.2) is 0 Å². The summed E-state index contributed by atoms with van der Waals surface area (Å²) in [6.45, 7) is 0.686. The third-order valence-electron chi connectivity index (χ3n) is 5.99. The Balaban J connectivity index is 1.46. The standard InChI is InChI=1S/C30H34N2O5/c1-36-29(34)28(27(24-16-8-3-9-17-24)25-18-10-4-11-19-25)32-26(33)20-12-5-13-21-31-30(35)37-22-23-14-6-2-7-15-23/h2-4,6-11,14-19,27-28H,5,12-13,20-22H2,1H3,(H,31,35)(H,32,33)/t28-/m0/s1. The van der Waals surface area contributed by atoms with Crippen molar-refractivity contribution in [3.8, 4) is 0 Å². The molecule has 37 heavy (non-hydrogen) atoms. The number of carbonyl (C=O) groups excluding carboxylic acids is 3. The number of unbranched alkanes of at least 4 members (excludes halogenated alkanes) is 2. The van der Waals surface area contributed by atoms with E-state index in [0.717, 1.165) is 23.1 Å². The predicted molar refractivity (Wildman–Crippen MR) is 142 cm³/mol. The molecular weight excluding hydrogens is 468 g/mol. The summed E-state index contributed by atoms with van der Waals surface area (Å²) in [7, 11) is 1.33. The quantitative estimate of drug-likeness (QED) is 0.254. The average molecular weight is 503 g/mol. The first-order valence-electron chi connectivity index (χ1n) is 12.5. The molecule has 0 saturated carbocycles. The number of ether oxygens (including phenoxy) is 2. The van der Waals surface area contributed by atoms with Crippen LogP contribution in [0.15, 0.2) is 91.0 Å². The fourth-order valence-electron chi connectivity index (χ4n) is 4.10. The highest BCUT2D eigenvalue weighted by atomic mass is 16.5. The fourth-order valence-corrected chi connectivity index (χ4v) is 4.10. The highest BCUT2D eigenvalue weighted by Gasteiger charge is 2.33. The van der Waals surface area contributed by atoms with E-state index < -0.39 is 18.1 Å². The van der Waals surface area contributed by atoms with Gasteiger partial charge in [-0.1, -0.05) is 97.4 Å². The number of esters is 1. The third-order valence-corrected chi connectivity index (χ3v) is 5.99. The molecule has 7 heteroatoms. The van der Waals surface area contributed by atoms with Crippen LogP contribution in [0.3, 0.4) is 0 Å². The number of hydrogen-bond acceptors (Lipinski definition) is 5. The molecule has 0 radical (unpaired) electrons. The van der Waals surface area contributed by atoms with Gasteiger partial charge in [0, 0.05) is 18.9 Å². The minimum Gasteiger partial charge on any atom is -0.467 e. The maximum atomic E-state index is 12.8. The zero-order chi connectivity index (χ0) is 26.3. The molecule has 0 fully saturated rings. The van der Waals surface area contributed by atoms with Crippen LogP contribution in [0.5, 0.6) is 0 Å². The van der Waals surface area contributed by atoms with Gasteiger partial charge in [-0.2, -0.15) is 0 Å². The van der Waals surface area contributed by atoms with E-state index in [1.807, 2.05) is 91.0 Å². The third kappa shape index (κ3) is 9.11. The number of nitrogens with one attached hydrogen (secondary N) is 2. The van der Waals surface area contributed by atoms with E-state index in [2.05, 4.69) is 10.6 Å². The van der Waals surface area contributed by atoms with Crippen molar-refractivity contribution in [2.75, 3.05) is 13.7 Å². The number of rotatable bonds is 13. The maximum Gasteiger partial charge on any atom is 0.407 e. The Morgan fingerprint density at radius 2 is 1.32 bits per heavy atom. The molecular formula is C30H34N2O5. The van der Waals surface area contributed by atoms with E-state index in [0.29, 0.717) is 19.4 Å². The van der Waals surface area contributed by atoms with Crippen LogP contribution in [0, 0.1) is 0 Å². The lowest BCUT2D eigenvalue weighted by Gasteiger charge is -2.27. The minimum atomic E-state index is -0.858. The molecule has 0 aromatic heterocycles. The first-order valence-corrected chi connectivity index (χ1v) is 12.5. The first-order chi connectivity index (χ1) is 18.1. The lowest BCUT2D eigenvalue weighted by molar-refractivity contribution is -0.145. The second-order valence-corrected chi connectivity index (χ2v) is 8.67. The van der Waals surface area contributed by atoms with Crippen molar-refractivity contribution in [3.05, 3.63) is 108 Å². The van der Waals surface area contributed by atoms with E-state index >= 15 is 0 Å². The predicted octanol–water partition coefficient (Wildman–Crippen LogP) is 4.96. The van der Waals surface area contributed by atoms with Crippen molar-refractivity contribution < 1.29 is 23.9 Å². The molecule has 3 aromatic carbocycles. The van der Waals surface area contributed by atoms with Gasteiger partial charge in [-0.25, -0.2) is 9.59 Å². The van der Waals surface area contributed by atoms with Crippen LogP contribution in [0.2, 0.25) is 0 Å². The van der Waals surface area contributed by atoms with Crippen LogP contribution in [0.4, 0.5) is 4.79 Å². The Bertz CT molecular complexity index is 1070. The normalized spacial score (nSPS) is 11.4. The van der Waals surface area contributed by atoms with E-state index in [1.54, 1.807) is 0 Å². The molecule has 0 unspecified atom stereocenters. The number of methoxy groups -OCH3 is 1. The molecule has 7 nitrogen and oxygen atoms in total. The maximum absolute atomic E-state index is 12.8. The molecule has 0 aliphatic heterocycles. The van der Waals surface area contributed by atoms with Crippen molar-refractivity contribution in [1.82, 2.24) is 10.6 Å². The lowest BCUT2D eigenvalue weighted by Crippen LogP contribution is -2.46. The second kappa shape index (κ2) is 15.1. The molecule has 194 valence electrons. The molecule has 0 heterocycles. The van der Waals surface area contributed by atoms with Crippen molar-refractivity contribution in [2.45, 2.75) is 44.2 Å². The van der Waals surface area contributed by atoms with Gasteiger partial charge < -0.3 is 20.1 Å². The molecule has 2 amide bonds. The highest BCUT2D eigenvalue weighted by Crippen LogP contribution is 2.29. The number of amides is 2. The van der Waals surface area contributed by atoms with Gasteiger partial charge in [0.25, 0.3) is 0 Å². The summed E-state index contributed by atoms with van der Waals surface area (Å²) >= 11 is 0. The topological polar surface area (TPSA) is 93.7 Å². The van der Waals surface area contributed by atoms with Gasteiger partial charge in [-0.15, -0.1) is 0 Å². The summed E-state index contributed by atoms with van der Waals surface area (Å²) in [4.78, 5) is 37.4. The van der Waals surface area contributed by atoms with Crippen LogP contribution < -0.4 is 10.6 Å². The largest absolute Gasteiger partial charge is 0.467 e. The summed E-state index contributed by atoms with van der Waals surface area (Å²) in [6.07, 6.45) is 1.89. The molecule has 1 atom stereocenters. The van der Waals surface area contributed by atoms with Gasteiger partial charge in [0.1, 0.15) is 12.6 Å². The first kappa shape index (κ1) is 27.5. The number of benzene rings is 3. The zero-order valence-corrected chi connectivity index (χ0v) is 21.1. The highest BCUT2D eigenvalue weighted by molar-refractivity contribution is 5.85. The molecule has 3 rings (SSSR count). The van der Waals surface area contributed by atoms with Crippen LogP contribution in [-0.2, 0) is 25.7 Å². The molecule has 0 spiro atoms. The SMILES string of the molecule is COC(=O)[C@@H](NC(=O)CCCCCNC(=O)OCc1ccccc1)C(c1ccccc1)c1ccccc1. The Morgan fingerprint density at radius 3 is 1.89 bits per heavy atom. The molecule has 0 bridgehead atoms. The van der Waals surface area contributed by atoms with Gasteiger partial charge >= 0.3 is 12.1 Å². The van der Waals surface area contributed by atoms with Crippen molar-refractivity contribution in [1.29, 1.82) is 0 Å². The van der Waals surface area contributed by atoms with E-state index in [4.69, 9.17) is 9.47 Å². The zero-order valence-electron chi connectivity index (χ0n) is 21.1. The minimum absolute atomic E-state index is 0.220. The molecule has 0 aliphatic rings.